The molecule has 0 aromatic heterocycles. The van der Waals surface area contributed by atoms with Gasteiger partial charge in [-0.1, -0.05) is 42.5 Å². The van der Waals surface area contributed by atoms with Gasteiger partial charge in [0.05, 0.1) is 5.56 Å². The summed E-state index contributed by atoms with van der Waals surface area (Å²) < 4.78 is 40.8. The average molecular weight is 316 g/mol. The van der Waals surface area contributed by atoms with E-state index in [2.05, 4.69) is 4.74 Å². The summed E-state index contributed by atoms with van der Waals surface area (Å²) in [5, 5.41) is 2.07. The Bertz CT molecular complexity index is 870. The minimum atomic E-state index is -4.83. The van der Waals surface area contributed by atoms with Crippen molar-refractivity contribution in [3.8, 4) is 16.9 Å². The minimum Gasteiger partial charge on any atom is -0.405 e. The van der Waals surface area contributed by atoms with Crippen LogP contribution in [0.25, 0.3) is 21.9 Å². The van der Waals surface area contributed by atoms with Crippen molar-refractivity contribution in [2.45, 2.75) is 6.36 Å². The molecule has 116 valence electrons. The molecule has 0 spiro atoms. The molecular formula is C18H11F3O2. The first-order chi connectivity index (χ1) is 11.0. The van der Waals surface area contributed by atoms with Crippen LogP contribution in [0.1, 0.15) is 10.4 Å². The summed E-state index contributed by atoms with van der Waals surface area (Å²) in [4.78, 5) is 11.1. The van der Waals surface area contributed by atoms with Gasteiger partial charge in [0.1, 0.15) is 5.75 Å². The number of carbonyl (C=O) groups excluding carboxylic acids is 1. The van der Waals surface area contributed by atoms with Crippen LogP contribution >= 0.6 is 0 Å². The van der Waals surface area contributed by atoms with Crippen LogP contribution < -0.4 is 4.74 Å². The Hall–Kier alpha value is -2.82. The SMILES string of the molecule is O=Cc1cc(-c2ccc3ccccc3c2)ccc1OC(F)(F)F. The van der Waals surface area contributed by atoms with Gasteiger partial charge in [-0.05, 0) is 40.1 Å². The number of benzene rings is 3. The van der Waals surface area contributed by atoms with Crippen molar-refractivity contribution in [3.63, 3.8) is 0 Å². The van der Waals surface area contributed by atoms with Gasteiger partial charge in [0.2, 0.25) is 0 Å². The highest BCUT2D eigenvalue weighted by Gasteiger charge is 2.32. The van der Waals surface area contributed by atoms with Crippen LogP contribution in [-0.4, -0.2) is 12.6 Å². The maximum atomic E-state index is 12.3. The number of fused-ring (bicyclic) bond motifs is 1. The Labute approximate surface area is 130 Å². The lowest BCUT2D eigenvalue weighted by atomic mass is 9.99. The number of hydrogen-bond acceptors (Lipinski definition) is 2. The van der Waals surface area contributed by atoms with Crippen molar-refractivity contribution in [1.82, 2.24) is 0 Å². The maximum Gasteiger partial charge on any atom is 0.573 e. The second-order valence-corrected chi connectivity index (χ2v) is 4.98. The van der Waals surface area contributed by atoms with Crippen molar-refractivity contribution in [3.05, 3.63) is 66.2 Å². The molecule has 3 aromatic rings. The molecule has 0 atom stereocenters. The molecule has 0 radical (unpaired) electrons. The van der Waals surface area contributed by atoms with Crippen LogP contribution in [0.3, 0.4) is 0 Å². The molecule has 0 aliphatic rings. The first-order valence-corrected chi connectivity index (χ1v) is 6.80. The van der Waals surface area contributed by atoms with Gasteiger partial charge in [-0.15, -0.1) is 13.2 Å². The Morgan fingerprint density at radius 3 is 2.17 bits per heavy atom. The van der Waals surface area contributed by atoms with Crippen LogP contribution in [0.5, 0.6) is 5.75 Å². The molecule has 0 saturated carbocycles. The molecule has 0 bridgehead atoms. The third-order valence-corrected chi connectivity index (χ3v) is 3.45. The highest BCUT2D eigenvalue weighted by Crippen LogP contribution is 2.31. The molecule has 0 unspecified atom stereocenters. The fourth-order valence-corrected chi connectivity index (χ4v) is 2.41. The number of rotatable bonds is 3. The van der Waals surface area contributed by atoms with Crippen LogP contribution in [0, 0.1) is 0 Å². The summed E-state index contributed by atoms with van der Waals surface area (Å²) in [5.74, 6) is -0.503. The molecule has 0 saturated heterocycles. The van der Waals surface area contributed by atoms with Gasteiger partial charge in [-0.25, -0.2) is 0 Å². The standard InChI is InChI=1S/C18H11F3O2/c19-18(20,21)23-17-8-7-15(10-16(17)11-22)14-6-5-12-3-1-2-4-13(12)9-14/h1-11H. The van der Waals surface area contributed by atoms with E-state index in [1.54, 1.807) is 0 Å². The average Bonchev–Trinajstić information content (AvgIpc) is 2.53. The lowest BCUT2D eigenvalue weighted by Crippen LogP contribution is -2.18. The zero-order valence-electron chi connectivity index (χ0n) is 11.8. The molecule has 0 aliphatic heterocycles. The van der Waals surface area contributed by atoms with E-state index in [1.807, 2.05) is 42.5 Å². The molecule has 3 rings (SSSR count). The van der Waals surface area contributed by atoms with Crippen LogP contribution in [0.15, 0.2) is 60.7 Å². The van der Waals surface area contributed by atoms with E-state index < -0.39 is 12.1 Å². The summed E-state index contributed by atoms with van der Waals surface area (Å²) in [5.41, 5.74) is 1.31. The second kappa shape index (κ2) is 5.76. The van der Waals surface area contributed by atoms with Gasteiger partial charge in [0.25, 0.3) is 0 Å². The van der Waals surface area contributed by atoms with Crippen molar-refractivity contribution in [2.24, 2.45) is 0 Å². The van der Waals surface area contributed by atoms with Gasteiger partial charge in [-0.2, -0.15) is 0 Å². The molecule has 23 heavy (non-hydrogen) atoms. The van der Waals surface area contributed by atoms with Crippen LogP contribution in [0.4, 0.5) is 13.2 Å². The van der Waals surface area contributed by atoms with Gasteiger partial charge < -0.3 is 4.74 Å². The van der Waals surface area contributed by atoms with E-state index >= 15 is 0 Å². The fourth-order valence-electron chi connectivity index (χ4n) is 2.41. The largest absolute Gasteiger partial charge is 0.573 e. The van der Waals surface area contributed by atoms with Gasteiger partial charge in [-0.3, -0.25) is 4.79 Å². The quantitative estimate of drug-likeness (QED) is 0.619. The number of halogens is 3. The van der Waals surface area contributed by atoms with Crippen molar-refractivity contribution < 1.29 is 22.7 Å². The molecule has 0 aliphatic carbocycles. The Morgan fingerprint density at radius 2 is 1.48 bits per heavy atom. The molecule has 2 nitrogen and oxygen atoms in total. The van der Waals surface area contributed by atoms with Crippen LogP contribution in [-0.2, 0) is 0 Å². The lowest BCUT2D eigenvalue weighted by Gasteiger charge is -2.12. The highest BCUT2D eigenvalue weighted by molar-refractivity contribution is 5.89. The number of ether oxygens (including phenoxy) is 1. The van der Waals surface area contributed by atoms with E-state index in [9.17, 15) is 18.0 Å². The predicted octanol–water partition coefficient (Wildman–Crippen LogP) is 5.22. The molecule has 0 N–H and O–H groups in total. The first kappa shape index (κ1) is 15.1. The van der Waals surface area contributed by atoms with E-state index in [0.29, 0.717) is 11.8 Å². The summed E-state index contributed by atoms with van der Waals surface area (Å²) in [6.45, 7) is 0. The number of hydrogen-bond donors (Lipinski definition) is 0. The number of carbonyl (C=O) groups is 1. The molecule has 5 heteroatoms. The molecular weight excluding hydrogens is 305 g/mol. The lowest BCUT2D eigenvalue weighted by molar-refractivity contribution is -0.274. The monoisotopic (exact) mass is 316 g/mol. The Kier molecular flexibility index (Phi) is 3.78. The van der Waals surface area contributed by atoms with Crippen molar-refractivity contribution in [1.29, 1.82) is 0 Å². The van der Waals surface area contributed by atoms with E-state index in [-0.39, 0.29) is 5.56 Å². The Morgan fingerprint density at radius 1 is 0.826 bits per heavy atom. The van der Waals surface area contributed by atoms with Crippen LogP contribution in [0.2, 0.25) is 0 Å². The number of alkyl halides is 3. The van der Waals surface area contributed by atoms with Gasteiger partial charge >= 0.3 is 6.36 Å². The third kappa shape index (κ3) is 3.34. The van der Waals surface area contributed by atoms with Gasteiger partial charge in [0, 0.05) is 0 Å². The Balaban J connectivity index is 2.03. The van der Waals surface area contributed by atoms with E-state index in [4.69, 9.17) is 0 Å². The third-order valence-electron chi connectivity index (χ3n) is 3.45. The maximum absolute atomic E-state index is 12.3. The topological polar surface area (TPSA) is 26.3 Å². The molecule has 0 amide bonds. The molecule has 0 fully saturated rings. The smallest absolute Gasteiger partial charge is 0.405 e. The normalized spacial score (nSPS) is 11.4. The summed E-state index contributed by atoms with van der Waals surface area (Å²) in [6.07, 6.45) is -4.48. The summed E-state index contributed by atoms with van der Waals surface area (Å²) in [6, 6.07) is 17.5. The zero-order valence-corrected chi connectivity index (χ0v) is 11.8. The first-order valence-electron chi connectivity index (χ1n) is 6.80. The summed E-state index contributed by atoms with van der Waals surface area (Å²) in [7, 11) is 0. The number of aldehydes is 1. The fraction of sp³-hybridized carbons (Fsp3) is 0.0556. The minimum absolute atomic E-state index is 0.145. The second-order valence-electron chi connectivity index (χ2n) is 4.98. The van der Waals surface area contributed by atoms with E-state index in [0.717, 1.165) is 22.4 Å². The molecule has 3 aromatic carbocycles. The van der Waals surface area contributed by atoms with Crippen molar-refractivity contribution >= 4 is 17.1 Å². The molecule has 0 heterocycles. The zero-order chi connectivity index (χ0) is 16.4. The van der Waals surface area contributed by atoms with Crippen molar-refractivity contribution in [2.75, 3.05) is 0 Å². The van der Waals surface area contributed by atoms with E-state index in [1.165, 1.54) is 12.1 Å². The highest BCUT2D eigenvalue weighted by atomic mass is 19.4. The summed E-state index contributed by atoms with van der Waals surface area (Å²) >= 11 is 0. The van der Waals surface area contributed by atoms with Gasteiger partial charge in [0.15, 0.2) is 6.29 Å². The predicted molar refractivity (Wildman–Crippen MR) is 81.5 cm³/mol.